The van der Waals surface area contributed by atoms with E-state index < -0.39 is 0 Å². The summed E-state index contributed by atoms with van der Waals surface area (Å²) in [5.41, 5.74) is 1.70. The lowest BCUT2D eigenvalue weighted by atomic mass is 10.2. The van der Waals surface area contributed by atoms with Crippen LogP contribution in [0.4, 0.5) is 4.39 Å². The van der Waals surface area contributed by atoms with Gasteiger partial charge in [-0.15, -0.1) is 24.0 Å². The third kappa shape index (κ3) is 6.09. The van der Waals surface area contributed by atoms with Crippen molar-refractivity contribution in [1.82, 2.24) is 15.6 Å². The maximum absolute atomic E-state index is 13.3. The number of aliphatic imine (C=N–C) groups is 1. The third-order valence-electron chi connectivity index (χ3n) is 3.09. The molecule has 0 bridgehead atoms. The van der Waals surface area contributed by atoms with Gasteiger partial charge in [0.25, 0.3) is 0 Å². The number of halogens is 3. The summed E-state index contributed by atoms with van der Waals surface area (Å²) in [6.07, 6.45) is 0. The van der Waals surface area contributed by atoms with Crippen molar-refractivity contribution in [3.8, 4) is 0 Å². The molecule has 0 aliphatic heterocycles. The van der Waals surface area contributed by atoms with Crippen LogP contribution >= 0.6 is 39.9 Å². The van der Waals surface area contributed by atoms with Gasteiger partial charge in [0, 0.05) is 18.1 Å². The smallest absolute Gasteiger partial charge is 0.214 e. The number of aryl methyl sites for hydroxylation is 2. The highest BCUT2D eigenvalue weighted by atomic mass is 127. The Morgan fingerprint density at radius 3 is 2.52 bits per heavy atom. The first-order valence-electron chi connectivity index (χ1n) is 6.80. The molecule has 2 N–H and O–H groups in total. The summed E-state index contributed by atoms with van der Waals surface area (Å²) in [6.45, 7) is 4.67. The highest BCUT2D eigenvalue weighted by Gasteiger charge is 2.06. The Bertz CT molecular complexity index is 650. The average molecular weight is 497 g/mol. The molecule has 0 unspecified atom stereocenters. The predicted octanol–water partition coefficient (Wildman–Crippen LogP) is 3.68. The zero-order valence-corrected chi connectivity index (χ0v) is 17.0. The quantitative estimate of drug-likeness (QED) is 0.385. The summed E-state index contributed by atoms with van der Waals surface area (Å²) in [7, 11) is 1.67. The van der Waals surface area contributed by atoms with Crippen molar-refractivity contribution >= 4 is 45.9 Å². The summed E-state index contributed by atoms with van der Waals surface area (Å²) < 4.78 is 19.5. The fourth-order valence-electron chi connectivity index (χ4n) is 1.89. The van der Waals surface area contributed by atoms with Crippen molar-refractivity contribution in [1.29, 1.82) is 0 Å². The molecule has 0 aliphatic carbocycles. The number of nitrogens with one attached hydrogen (secondary N) is 2. The Morgan fingerprint density at radius 2 is 1.96 bits per heavy atom. The molecule has 23 heavy (non-hydrogen) atoms. The standard InChI is InChI=1S/C15H18BrFN4O.HI/c1-9-10(2)22-14(21-9)8-20-15(18-3)19-7-11-4-12(16)6-13(17)5-11;/h4-6H,7-8H2,1-3H3,(H2,18,19,20);1H. The molecular formula is C15H19BrFIN4O. The second-order valence-corrected chi connectivity index (χ2v) is 5.72. The van der Waals surface area contributed by atoms with E-state index >= 15 is 0 Å². The van der Waals surface area contributed by atoms with E-state index in [1.807, 2.05) is 19.9 Å². The van der Waals surface area contributed by atoms with Gasteiger partial charge < -0.3 is 15.1 Å². The van der Waals surface area contributed by atoms with Gasteiger partial charge in [-0.1, -0.05) is 15.9 Å². The Balaban J connectivity index is 0.00000264. The first-order valence-corrected chi connectivity index (χ1v) is 7.59. The molecule has 0 atom stereocenters. The third-order valence-corrected chi connectivity index (χ3v) is 3.54. The van der Waals surface area contributed by atoms with Crippen molar-refractivity contribution < 1.29 is 8.81 Å². The van der Waals surface area contributed by atoms with Crippen LogP contribution in [0.25, 0.3) is 0 Å². The largest absolute Gasteiger partial charge is 0.444 e. The van der Waals surface area contributed by atoms with Gasteiger partial charge in [-0.25, -0.2) is 9.37 Å². The van der Waals surface area contributed by atoms with Crippen LogP contribution in [0.2, 0.25) is 0 Å². The average Bonchev–Trinajstić information content (AvgIpc) is 2.77. The number of guanidine groups is 1. The lowest BCUT2D eigenvalue weighted by Gasteiger charge is -2.11. The van der Waals surface area contributed by atoms with Crippen LogP contribution in [-0.4, -0.2) is 18.0 Å². The second kappa shape index (κ2) is 9.21. The van der Waals surface area contributed by atoms with Gasteiger partial charge in [0.15, 0.2) is 5.96 Å². The lowest BCUT2D eigenvalue weighted by Crippen LogP contribution is -2.36. The highest BCUT2D eigenvalue weighted by Crippen LogP contribution is 2.14. The number of benzene rings is 1. The maximum atomic E-state index is 13.3. The highest BCUT2D eigenvalue weighted by molar-refractivity contribution is 14.0. The Morgan fingerprint density at radius 1 is 1.26 bits per heavy atom. The molecule has 5 nitrogen and oxygen atoms in total. The monoisotopic (exact) mass is 496 g/mol. The maximum Gasteiger partial charge on any atom is 0.214 e. The normalized spacial score (nSPS) is 11.1. The van der Waals surface area contributed by atoms with Crippen molar-refractivity contribution in [3.05, 3.63) is 51.4 Å². The molecule has 0 fully saturated rings. The topological polar surface area (TPSA) is 62.5 Å². The van der Waals surface area contributed by atoms with Gasteiger partial charge >= 0.3 is 0 Å². The van der Waals surface area contributed by atoms with E-state index in [9.17, 15) is 4.39 Å². The summed E-state index contributed by atoms with van der Waals surface area (Å²) >= 11 is 3.27. The first kappa shape index (κ1) is 19.9. The van der Waals surface area contributed by atoms with Gasteiger partial charge in [0.2, 0.25) is 5.89 Å². The van der Waals surface area contributed by atoms with Gasteiger partial charge in [-0.05, 0) is 37.6 Å². The SMILES string of the molecule is CN=C(NCc1cc(F)cc(Br)c1)NCc1nc(C)c(C)o1.I. The van der Waals surface area contributed by atoms with E-state index in [0.29, 0.717) is 29.4 Å². The van der Waals surface area contributed by atoms with Crippen LogP contribution < -0.4 is 10.6 Å². The summed E-state index contributed by atoms with van der Waals surface area (Å²) in [4.78, 5) is 8.40. The van der Waals surface area contributed by atoms with E-state index in [1.165, 1.54) is 12.1 Å². The number of hydrogen-bond acceptors (Lipinski definition) is 3. The van der Waals surface area contributed by atoms with Crippen LogP contribution in [0.3, 0.4) is 0 Å². The minimum atomic E-state index is -0.278. The van der Waals surface area contributed by atoms with Gasteiger partial charge in [-0.2, -0.15) is 0 Å². The minimum absolute atomic E-state index is 0. The molecule has 0 spiro atoms. The molecule has 1 aromatic carbocycles. The molecular weight excluding hydrogens is 478 g/mol. The Labute approximate surface area is 160 Å². The first-order chi connectivity index (χ1) is 10.5. The number of nitrogens with zero attached hydrogens (tertiary/aromatic N) is 2. The van der Waals surface area contributed by atoms with Crippen LogP contribution in [0.1, 0.15) is 22.9 Å². The van der Waals surface area contributed by atoms with E-state index in [-0.39, 0.29) is 29.8 Å². The fourth-order valence-corrected chi connectivity index (χ4v) is 2.41. The molecule has 0 saturated heterocycles. The molecule has 0 radical (unpaired) electrons. The number of aromatic nitrogens is 1. The number of hydrogen-bond donors (Lipinski definition) is 2. The summed E-state index contributed by atoms with van der Waals surface area (Å²) in [5.74, 6) is 1.73. The zero-order chi connectivity index (χ0) is 16.1. The predicted molar refractivity (Wildman–Crippen MR) is 103 cm³/mol. The molecule has 0 amide bonds. The fraction of sp³-hybridized carbons (Fsp3) is 0.333. The summed E-state index contributed by atoms with van der Waals surface area (Å²) in [5, 5.41) is 6.22. The van der Waals surface area contributed by atoms with Crippen molar-refractivity contribution in [2.45, 2.75) is 26.9 Å². The van der Waals surface area contributed by atoms with E-state index in [0.717, 1.165) is 17.0 Å². The van der Waals surface area contributed by atoms with Crippen LogP contribution in [0.15, 0.2) is 32.1 Å². The van der Waals surface area contributed by atoms with Crippen molar-refractivity contribution in [2.24, 2.45) is 4.99 Å². The Kier molecular flexibility index (Phi) is 7.97. The van der Waals surface area contributed by atoms with Gasteiger partial charge in [0.05, 0.1) is 12.2 Å². The van der Waals surface area contributed by atoms with E-state index in [2.05, 4.69) is 36.5 Å². The van der Waals surface area contributed by atoms with E-state index in [4.69, 9.17) is 4.42 Å². The van der Waals surface area contributed by atoms with Crippen LogP contribution in [-0.2, 0) is 13.1 Å². The number of rotatable bonds is 4. The van der Waals surface area contributed by atoms with Crippen molar-refractivity contribution in [2.75, 3.05) is 7.05 Å². The second-order valence-electron chi connectivity index (χ2n) is 4.81. The lowest BCUT2D eigenvalue weighted by molar-refractivity contribution is 0.463. The van der Waals surface area contributed by atoms with Crippen LogP contribution in [0.5, 0.6) is 0 Å². The molecule has 2 rings (SSSR count). The van der Waals surface area contributed by atoms with E-state index in [1.54, 1.807) is 7.05 Å². The molecule has 126 valence electrons. The number of oxazole rings is 1. The molecule has 8 heteroatoms. The van der Waals surface area contributed by atoms with Crippen molar-refractivity contribution in [3.63, 3.8) is 0 Å². The molecule has 2 aromatic rings. The molecule has 0 aliphatic rings. The van der Waals surface area contributed by atoms with Crippen LogP contribution in [0, 0.1) is 19.7 Å². The summed E-state index contributed by atoms with van der Waals surface area (Å²) in [6, 6.07) is 4.75. The molecule has 1 aromatic heterocycles. The Hall–Kier alpha value is -1.16. The zero-order valence-electron chi connectivity index (χ0n) is 13.1. The minimum Gasteiger partial charge on any atom is -0.444 e. The van der Waals surface area contributed by atoms with Gasteiger partial charge in [0.1, 0.15) is 11.6 Å². The molecule has 1 heterocycles. The molecule has 0 saturated carbocycles. The van der Waals surface area contributed by atoms with Gasteiger partial charge in [-0.3, -0.25) is 4.99 Å².